The Morgan fingerprint density at radius 3 is 2.77 bits per heavy atom. The fourth-order valence-electron chi connectivity index (χ4n) is 3.46. The monoisotopic (exact) mass is 376 g/mol. The molecule has 0 unspecified atom stereocenters. The third kappa shape index (κ3) is 2.95. The summed E-state index contributed by atoms with van der Waals surface area (Å²) >= 11 is 0. The molecule has 2 aromatic rings. The van der Waals surface area contributed by atoms with Crippen molar-refractivity contribution in [3.63, 3.8) is 0 Å². The average molecular weight is 376 g/mol. The van der Waals surface area contributed by atoms with Crippen LogP contribution in [0.5, 0.6) is 17.2 Å². The van der Waals surface area contributed by atoms with Crippen LogP contribution in [0, 0.1) is 0 Å². The number of nitrogens with two attached hydrogens (primary N) is 1. The molecule has 2 aliphatic rings. The van der Waals surface area contributed by atoms with Crippen molar-refractivity contribution in [3.05, 3.63) is 41.5 Å². The number of nitrogens with one attached hydrogen (secondary N) is 1. The molecule has 0 fully saturated rings. The van der Waals surface area contributed by atoms with Gasteiger partial charge in [0, 0.05) is 17.7 Å². The number of methoxy groups -OCH3 is 1. The number of fused-ring (bicyclic) bond motifs is 2. The molecule has 0 radical (unpaired) electrons. The number of benzene rings is 2. The van der Waals surface area contributed by atoms with Gasteiger partial charge in [-0.05, 0) is 49.1 Å². The van der Waals surface area contributed by atoms with E-state index in [1.807, 2.05) is 0 Å². The predicted molar refractivity (Wildman–Crippen MR) is 96.4 cm³/mol. The van der Waals surface area contributed by atoms with Crippen LogP contribution in [0.1, 0.15) is 17.5 Å². The molecule has 0 saturated heterocycles. The van der Waals surface area contributed by atoms with Gasteiger partial charge in [0.05, 0.1) is 17.7 Å². The number of rotatable bonds is 4. The Kier molecular flexibility index (Phi) is 4.16. The zero-order valence-electron chi connectivity index (χ0n) is 14.3. The van der Waals surface area contributed by atoms with Crippen LogP contribution in [0.15, 0.2) is 35.2 Å². The minimum Gasteiger partial charge on any atom is -0.496 e. The quantitative estimate of drug-likeness (QED) is 0.847. The normalized spacial score (nSPS) is 18.3. The fraction of sp³-hybridized carbons (Fsp3) is 0.333. The Morgan fingerprint density at radius 2 is 1.96 bits per heavy atom. The zero-order chi connectivity index (χ0) is 18.3. The number of anilines is 1. The van der Waals surface area contributed by atoms with Crippen LogP contribution in [-0.4, -0.2) is 28.4 Å². The van der Waals surface area contributed by atoms with Gasteiger partial charge < -0.3 is 19.9 Å². The highest BCUT2D eigenvalue weighted by molar-refractivity contribution is 7.92. The summed E-state index contributed by atoms with van der Waals surface area (Å²) in [6.45, 7) is 0.137. The van der Waals surface area contributed by atoms with Crippen molar-refractivity contribution < 1.29 is 22.6 Å². The van der Waals surface area contributed by atoms with Crippen molar-refractivity contribution in [1.82, 2.24) is 0 Å². The maximum atomic E-state index is 13.0. The lowest BCUT2D eigenvalue weighted by Crippen LogP contribution is -2.29. The fourth-order valence-corrected chi connectivity index (χ4v) is 4.80. The summed E-state index contributed by atoms with van der Waals surface area (Å²) in [5, 5.41) is 0. The van der Waals surface area contributed by atoms with Crippen LogP contribution in [0.25, 0.3) is 0 Å². The minimum absolute atomic E-state index is 0.0103. The van der Waals surface area contributed by atoms with Gasteiger partial charge in [-0.2, -0.15) is 0 Å². The second-order valence-corrected chi connectivity index (χ2v) is 8.05. The zero-order valence-corrected chi connectivity index (χ0v) is 15.1. The van der Waals surface area contributed by atoms with Crippen molar-refractivity contribution in [2.75, 3.05) is 18.6 Å². The highest BCUT2D eigenvalue weighted by Gasteiger charge is 2.28. The average Bonchev–Trinajstić information content (AvgIpc) is 3.08. The van der Waals surface area contributed by atoms with Crippen LogP contribution in [0.2, 0.25) is 0 Å². The van der Waals surface area contributed by atoms with Gasteiger partial charge in [-0.25, -0.2) is 8.42 Å². The maximum absolute atomic E-state index is 13.0. The lowest BCUT2D eigenvalue weighted by molar-refractivity contribution is 0.174. The first-order valence-electron chi connectivity index (χ1n) is 8.35. The summed E-state index contributed by atoms with van der Waals surface area (Å²) in [6, 6.07) is 8.23. The number of hydrogen-bond acceptors (Lipinski definition) is 6. The molecule has 138 valence electrons. The Balaban J connectivity index is 1.71. The molecule has 1 heterocycles. The van der Waals surface area contributed by atoms with Crippen molar-refractivity contribution in [3.8, 4) is 17.2 Å². The lowest BCUT2D eigenvalue weighted by Gasteiger charge is -2.25. The molecule has 0 saturated carbocycles. The summed E-state index contributed by atoms with van der Waals surface area (Å²) in [5.74, 6) is 1.80. The molecule has 1 aliphatic carbocycles. The van der Waals surface area contributed by atoms with E-state index in [0.29, 0.717) is 35.8 Å². The van der Waals surface area contributed by atoms with E-state index in [2.05, 4.69) is 4.72 Å². The predicted octanol–water partition coefficient (Wildman–Crippen LogP) is 2.04. The smallest absolute Gasteiger partial charge is 0.262 e. The van der Waals surface area contributed by atoms with E-state index in [4.69, 9.17) is 19.9 Å². The molecule has 1 atom stereocenters. The highest BCUT2D eigenvalue weighted by Crippen LogP contribution is 2.37. The molecule has 0 aromatic heterocycles. The van der Waals surface area contributed by atoms with Crippen LogP contribution in [0.3, 0.4) is 0 Å². The molecular formula is C18H20N2O5S. The van der Waals surface area contributed by atoms with E-state index in [1.54, 1.807) is 37.4 Å². The van der Waals surface area contributed by atoms with Crippen LogP contribution < -0.4 is 24.7 Å². The minimum atomic E-state index is -3.76. The first-order chi connectivity index (χ1) is 12.5. The van der Waals surface area contributed by atoms with Crippen molar-refractivity contribution in [2.24, 2.45) is 5.73 Å². The summed E-state index contributed by atoms with van der Waals surface area (Å²) < 4.78 is 44.6. The standard InChI is InChI=1S/C18H20N2O5S/c1-23-15-6-7-18(13-4-2-11(19)8-14(13)15)26(21,22)20-12-3-5-16-17(9-12)25-10-24-16/h3,5-7,9,11,20H,2,4,8,10,19H2,1H3/t11-/m0/s1. The SMILES string of the molecule is COc1ccc(S(=O)(=O)Nc2ccc3c(c2)OCO3)c2c1C[C@@H](N)CC2. The molecule has 4 rings (SSSR count). The second-order valence-electron chi connectivity index (χ2n) is 6.40. The van der Waals surface area contributed by atoms with E-state index in [-0.39, 0.29) is 17.7 Å². The molecule has 0 spiro atoms. The van der Waals surface area contributed by atoms with E-state index >= 15 is 0 Å². The Bertz CT molecular complexity index is 958. The van der Waals surface area contributed by atoms with Crippen LogP contribution >= 0.6 is 0 Å². The van der Waals surface area contributed by atoms with Crippen LogP contribution in [-0.2, 0) is 22.9 Å². The van der Waals surface area contributed by atoms with Crippen molar-refractivity contribution >= 4 is 15.7 Å². The van der Waals surface area contributed by atoms with Gasteiger partial charge in [0.1, 0.15) is 5.75 Å². The topological polar surface area (TPSA) is 99.9 Å². The second kappa shape index (κ2) is 6.37. The molecule has 8 heteroatoms. The molecule has 1 aliphatic heterocycles. The molecule has 0 bridgehead atoms. The van der Waals surface area contributed by atoms with E-state index < -0.39 is 10.0 Å². The summed E-state index contributed by atoms with van der Waals surface area (Å²) in [4.78, 5) is 0.262. The molecule has 26 heavy (non-hydrogen) atoms. The van der Waals surface area contributed by atoms with Gasteiger partial charge in [-0.15, -0.1) is 0 Å². The number of sulfonamides is 1. The van der Waals surface area contributed by atoms with E-state index in [9.17, 15) is 8.42 Å². The largest absolute Gasteiger partial charge is 0.496 e. The first-order valence-corrected chi connectivity index (χ1v) is 9.83. The van der Waals surface area contributed by atoms with Crippen molar-refractivity contribution in [2.45, 2.75) is 30.2 Å². The molecule has 3 N–H and O–H groups in total. The maximum Gasteiger partial charge on any atom is 0.262 e. The van der Waals surface area contributed by atoms with Gasteiger partial charge in [0.25, 0.3) is 10.0 Å². The summed E-state index contributed by atoms with van der Waals surface area (Å²) in [6.07, 6.45) is 1.95. The van der Waals surface area contributed by atoms with Gasteiger partial charge in [-0.3, -0.25) is 4.72 Å². The number of ether oxygens (including phenoxy) is 3. The van der Waals surface area contributed by atoms with E-state index in [1.165, 1.54) is 0 Å². The Hall–Kier alpha value is -2.45. The molecule has 2 aromatic carbocycles. The Labute approximate surface area is 152 Å². The third-order valence-corrected chi connectivity index (χ3v) is 6.18. The number of hydrogen-bond donors (Lipinski definition) is 2. The van der Waals surface area contributed by atoms with Gasteiger partial charge in [0.2, 0.25) is 6.79 Å². The molecule has 7 nitrogen and oxygen atoms in total. The summed E-state index contributed by atoms with van der Waals surface area (Å²) in [7, 11) is -2.18. The first kappa shape index (κ1) is 17.0. The summed E-state index contributed by atoms with van der Waals surface area (Å²) in [5.41, 5.74) is 8.14. The van der Waals surface area contributed by atoms with Gasteiger partial charge in [0.15, 0.2) is 11.5 Å². The van der Waals surface area contributed by atoms with Crippen molar-refractivity contribution in [1.29, 1.82) is 0 Å². The van der Waals surface area contributed by atoms with Gasteiger partial charge >= 0.3 is 0 Å². The van der Waals surface area contributed by atoms with Crippen LogP contribution in [0.4, 0.5) is 5.69 Å². The highest BCUT2D eigenvalue weighted by atomic mass is 32.2. The molecular weight excluding hydrogens is 356 g/mol. The Morgan fingerprint density at radius 1 is 1.15 bits per heavy atom. The van der Waals surface area contributed by atoms with Gasteiger partial charge in [-0.1, -0.05) is 0 Å². The van der Waals surface area contributed by atoms with E-state index in [0.717, 1.165) is 17.5 Å². The molecule has 0 amide bonds. The lowest BCUT2D eigenvalue weighted by atomic mass is 9.88. The third-order valence-electron chi connectivity index (χ3n) is 4.71.